The zero-order chi connectivity index (χ0) is 15.0. The summed E-state index contributed by atoms with van der Waals surface area (Å²) in [5, 5.41) is 4.94. The highest BCUT2D eigenvalue weighted by Crippen LogP contribution is 2.22. The molecule has 0 bridgehead atoms. The number of hydrogen-bond donors (Lipinski definition) is 0. The van der Waals surface area contributed by atoms with Crippen molar-refractivity contribution in [2.75, 3.05) is 11.9 Å². The zero-order valence-corrected chi connectivity index (χ0v) is 12.5. The van der Waals surface area contributed by atoms with E-state index in [0.29, 0.717) is 16.6 Å². The van der Waals surface area contributed by atoms with Crippen molar-refractivity contribution in [3.05, 3.63) is 57.2 Å². The van der Waals surface area contributed by atoms with Gasteiger partial charge in [0.2, 0.25) is 10.1 Å². The Bertz CT molecular complexity index is 863. The van der Waals surface area contributed by atoms with Gasteiger partial charge in [-0.15, -0.1) is 5.10 Å². The van der Waals surface area contributed by atoms with Crippen LogP contribution >= 0.6 is 22.9 Å². The quantitative estimate of drug-likeness (QED) is 0.743. The molecule has 0 fully saturated rings. The van der Waals surface area contributed by atoms with Crippen molar-refractivity contribution in [3.63, 3.8) is 0 Å². The van der Waals surface area contributed by atoms with Crippen molar-refractivity contribution in [2.24, 2.45) is 0 Å². The number of aromatic nitrogens is 3. The number of anilines is 1. The summed E-state index contributed by atoms with van der Waals surface area (Å²) in [5.41, 5.74) is 0.535. The van der Waals surface area contributed by atoms with Crippen LogP contribution in [0.3, 0.4) is 0 Å². The number of halogens is 2. The Labute approximate surface area is 128 Å². The molecule has 0 aliphatic rings. The monoisotopic (exact) mass is 324 g/mol. The van der Waals surface area contributed by atoms with Gasteiger partial charge in [0.15, 0.2) is 0 Å². The van der Waals surface area contributed by atoms with Crippen LogP contribution in [0.15, 0.2) is 35.3 Å². The Morgan fingerprint density at radius 2 is 2.24 bits per heavy atom. The summed E-state index contributed by atoms with van der Waals surface area (Å²) in [5.74, 6) is -0.454. The molecule has 8 heteroatoms. The highest BCUT2D eigenvalue weighted by Gasteiger charge is 2.11. The summed E-state index contributed by atoms with van der Waals surface area (Å²) in [6, 6.07) is 6.01. The average Bonchev–Trinajstić information content (AvgIpc) is 2.89. The maximum absolute atomic E-state index is 13.4. The Morgan fingerprint density at radius 3 is 2.95 bits per heavy atom. The predicted octanol–water partition coefficient (Wildman–Crippen LogP) is 2.58. The first-order chi connectivity index (χ1) is 10.0. The van der Waals surface area contributed by atoms with Gasteiger partial charge in [0.25, 0.3) is 5.56 Å². The van der Waals surface area contributed by atoms with Crippen LogP contribution in [0.5, 0.6) is 0 Å². The summed E-state index contributed by atoms with van der Waals surface area (Å²) < 4.78 is 14.7. The lowest BCUT2D eigenvalue weighted by molar-refractivity contribution is 0.625. The van der Waals surface area contributed by atoms with Gasteiger partial charge in [-0.25, -0.2) is 9.37 Å². The number of rotatable bonds is 3. The second kappa shape index (κ2) is 5.42. The highest BCUT2D eigenvalue weighted by atomic mass is 35.5. The Balaban J connectivity index is 1.89. The number of hydrogen-bond acceptors (Lipinski definition) is 5. The molecule has 0 aliphatic heterocycles. The van der Waals surface area contributed by atoms with E-state index < -0.39 is 5.82 Å². The second-order valence-electron chi connectivity index (χ2n) is 4.47. The van der Waals surface area contributed by atoms with E-state index in [0.717, 1.165) is 5.56 Å². The molecule has 3 aromatic rings. The van der Waals surface area contributed by atoms with E-state index in [1.165, 1.54) is 40.2 Å². The third-order valence-electron chi connectivity index (χ3n) is 2.89. The summed E-state index contributed by atoms with van der Waals surface area (Å²) in [4.78, 5) is 18.1. The van der Waals surface area contributed by atoms with Crippen molar-refractivity contribution in [1.82, 2.24) is 14.6 Å². The number of benzene rings is 1. The van der Waals surface area contributed by atoms with E-state index in [4.69, 9.17) is 11.6 Å². The standard InChI is InChI=1S/C13H10ClFN4OS/c1-18(7-8-2-3-9(14)10(15)6-8)13-17-19-11(20)4-5-16-12(19)21-13/h2-6H,7H2,1H3. The minimum atomic E-state index is -0.454. The van der Waals surface area contributed by atoms with E-state index in [1.54, 1.807) is 6.07 Å². The molecule has 2 aromatic heterocycles. The minimum Gasteiger partial charge on any atom is -0.345 e. The molecule has 0 atom stereocenters. The lowest BCUT2D eigenvalue weighted by Gasteiger charge is -2.15. The van der Waals surface area contributed by atoms with Gasteiger partial charge in [-0.2, -0.15) is 4.52 Å². The maximum atomic E-state index is 13.4. The van der Waals surface area contributed by atoms with Crippen molar-refractivity contribution in [3.8, 4) is 0 Å². The lowest BCUT2D eigenvalue weighted by Crippen LogP contribution is -2.18. The summed E-state index contributed by atoms with van der Waals surface area (Å²) in [6.07, 6.45) is 1.45. The maximum Gasteiger partial charge on any atom is 0.275 e. The number of nitrogens with zero attached hydrogens (tertiary/aromatic N) is 4. The molecule has 3 rings (SSSR count). The fourth-order valence-corrected chi connectivity index (χ4v) is 2.82. The van der Waals surface area contributed by atoms with E-state index in [1.807, 2.05) is 11.9 Å². The molecular formula is C13H10ClFN4OS. The molecule has 5 nitrogen and oxygen atoms in total. The van der Waals surface area contributed by atoms with Crippen molar-refractivity contribution < 1.29 is 4.39 Å². The van der Waals surface area contributed by atoms with E-state index in [-0.39, 0.29) is 10.6 Å². The zero-order valence-electron chi connectivity index (χ0n) is 11.0. The molecule has 108 valence electrons. The topological polar surface area (TPSA) is 50.5 Å². The Hall–Kier alpha value is -1.99. The van der Waals surface area contributed by atoms with Gasteiger partial charge in [0.1, 0.15) is 5.82 Å². The normalized spacial score (nSPS) is 11.0. The summed E-state index contributed by atoms with van der Waals surface area (Å²) >= 11 is 6.95. The van der Waals surface area contributed by atoms with Crippen LogP contribution in [-0.4, -0.2) is 21.6 Å². The molecule has 0 amide bonds. The number of fused-ring (bicyclic) bond motifs is 1. The van der Waals surface area contributed by atoms with Crippen molar-refractivity contribution >= 4 is 33.0 Å². The van der Waals surface area contributed by atoms with E-state index in [9.17, 15) is 9.18 Å². The van der Waals surface area contributed by atoms with Crippen LogP contribution in [-0.2, 0) is 6.54 Å². The van der Waals surface area contributed by atoms with Crippen LogP contribution in [0.1, 0.15) is 5.56 Å². The molecule has 2 heterocycles. The lowest BCUT2D eigenvalue weighted by atomic mass is 10.2. The minimum absolute atomic E-state index is 0.0946. The molecule has 0 unspecified atom stereocenters. The largest absolute Gasteiger partial charge is 0.345 e. The van der Waals surface area contributed by atoms with Crippen LogP contribution in [0.4, 0.5) is 9.52 Å². The third-order valence-corrected chi connectivity index (χ3v) is 4.23. The van der Waals surface area contributed by atoms with Crippen LogP contribution in [0.25, 0.3) is 4.96 Å². The SMILES string of the molecule is CN(Cc1ccc(Cl)c(F)c1)c1nn2c(=O)ccnc2s1. The van der Waals surface area contributed by atoms with Crippen LogP contribution in [0, 0.1) is 5.82 Å². The smallest absolute Gasteiger partial charge is 0.275 e. The van der Waals surface area contributed by atoms with Gasteiger partial charge < -0.3 is 4.90 Å². The second-order valence-corrected chi connectivity index (χ2v) is 5.81. The van der Waals surface area contributed by atoms with Gasteiger partial charge >= 0.3 is 0 Å². The van der Waals surface area contributed by atoms with E-state index >= 15 is 0 Å². The first-order valence-electron chi connectivity index (χ1n) is 6.04. The first-order valence-corrected chi connectivity index (χ1v) is 7.24. The fraction of sp³-hybridized carbons (Fsp3) is 0.154. The Morgan fingerprint density at radius 1 is 1.43 bits per heavy atom. The van der Waals surface area contributed by atoms with Gasteiger partial charge in [-0.3, -0.25) is 4.79 Å². The molecule has 1 aromatic carbocycles. The average molecular weight is 325 g/mol. The van der Waals surface area contributed by atoms with Crippen molar-refractivity contribution in [1.29, 1.82) is 0 Å². The van der Waals surface area contributed by atoms with Gasteiger partial charge in [0.05, 0.1) is 5.02 Å². The van der Waals surface area contributed by atoms with Gasteiger partial charge in [0, 0.05) is 25.9 Å². The molecule has 0 saturated carbocycles. The molecule has 0 saturated heterocycles. The van der Waals surface area contributed by atoms with E-state index in [2.05, 4.69) is 10.1 Å². The summed E-state index contributed by atoms with van der Waals surface area (Å²) in [6.45, 7) is 0.447. The Kier molecular flexibility index (Phi) is 3.60. The molecule has 0 aliphatic carbocycles. The summed E-state index contributed by atoms with van der Waals surface area (Å²) in [7, 11) is 1.81. The van der Waals surface area contributed by atoms with Crippen molar-refractivity contribution in [2.45, 2.75) is 6.54 Å². The third kappa shape index (κ3) is 2.74. The predicted molar refractivity (Wildman–Crippen MR) is 80.7 cm³/mol. The van der Waals surface area contributed by atoms with Crippen LogP contribution < -0.4 is 10.5 Å². The van der Waals surface area contributed by atoms with Crippen LogP contribution in [0.2, 0.25) is 5.02 Å². The molecule has 21 heavy (non-hydrogen) atoms. The van der Waals surface area contributed by atoms with Gasteiger partial charge in [-0.1, -0.05) is 29.0 Å². The first kappa shape index (κ1) is 14.0. The highest BCUT2D eigenvalue weighted by molar-refractivity contribution is 7.20. The fourth-order valence-electron chi connectivity index (χ4n) is 1.87. The van der Waals surface area contributed by atoms with Gasteiger partial charge in [-0.05, 0) is 17.7 Å². The molecule has 0 radical (unpaired) electrons. The molecule has 0 N–H and O–H groups in total. The molecular weight excluding hydrogens is 315 g/mol. The molecule has 0 spiro atoms.